The Morgan fingerprint density at radius 1 is 1.00 bits per heavy atom. The Bertz CT molecular complexity index is 963. The Labute approximate surface area is 155 Å². The van der Waals surface area contributed by atoms with Crippen LogP contribution in [-0.4, -0.2) is 17.1 Å². The van der Waals surface area contributed by atoms with Gasteiger partial charge in [0.2, 0.25) is 0 Å². The molecule has 1 aliphatic carbocycles. The summed E-state index contributed by atoms with van der Waals surface area (Å²) in [6.07, 6.45) is 5.15. The molecule has 3 nitrogen and oxygen atoms in total. The van der Waals surface area contributed by atoms with E-state index in [0.717, 1.165) is 35.7 Å². The van der Waals surface area contributed by atoms with Crippen LogP contribution in [0.1, 0.15) is 24.0 Å². The van der Waals surface area contributed by atoms with Crippen LogP contribution in [0.2, 0.25) is 0 Å². The highest BCUT2D eigenvalue weighted by Crippen LogP contribution is 2.27. The molecule has 3 aromatic rings. The standard InChI is InChI=1S/C21H19F3N2O/c22-17-4-2-14-10-25-8-7-15(14)16(17)11-26-20-5-6-21(20)27-12-13-1-3-18(23)19(24)9-13/h1-4,7-10,20-21,26H,5-6,11-12H2/t20-,21-/m1/s1. The zero-order chi connectivity index (χ0) is 18.8. The van der Waals surface area contributed by atoms with Crippen molar-refractivity contribution in [1.82, 2.24) is 10.3 Å². The summed E-state index contributed by atoms with van der Waals surface area (Å²) in [4.78, 5) is 4.07. The molecule has 0 spiro atoms. The number of fused-ring (bicyclic) bond motifs is 1. The van der Waals surface area contributed by atoms with Crippen molar-refractivity contribution in [3.05, 3.63) is 77.4 Å². The summed E-state index contributed by atoms with van der Waals surface area (Å²) >= 11 is 0. The number of ether oxygens (including phenoxy) is 1. The van der Waals surface area contributed by atoms with E-state index in [1.54, 1.807) is 18.5 Å². The fourth-order valence-corrected chi connectivity index (χ4v) is 3.35. The summed E-state index contributed by atoms with van der Waals surface area (Å²) in [5.74, 6) is -1.99. The zero-order valence-corrected chi connectivity index (χ0v) is 14.6. The summed E-state index contributed by atoms with van der Waals surface area (Å²) in [7, 11) is 0. The van der Waals surface area contributed by atoms with Crippen molar-refractivity contribution in [2.75, 3.05) is 0 Å². The highest BCUT2D eigenvalue weighted by Gasteiger charge is 2.31. The van der Waals surface area contributed by atoms with Crippen LogP contribution in [0.3, 0.4) is 0 Å². The van der Waals surface area contributed by atoms with E-state index < -0.39 is 11.6 Å². The average molecular weight is 372 g/mol. The summed E-state index contributed by atoms with van der Waals surface area (Å²) < 4.78 is 46.3. The number of nitrogens with zero attached hydrogens (tertiary/aromatic N) is 1. The van der Waals surface area contributed by atoms with Crippen molar-refractivity contribution in [3.8, 4) is 0 Å². The van der Waals surface area contributed by atoms with E-state index in [4.69, 9.17) is 4.74 Å². The molecule has 0 amide bonds. The largest absolute Gasteiger partial charge is 0.372 e. The molecule has 1 aliphatic rings. The van der Waals surface area contributed by atoms with Gasteiger partial charge in [0, 0.05) is 35.9 Å². The lowest BCUT2D eigenvalue weighted by Gasteiger charge is -2.37. The molecule has 2 atom stereocenters. The van der Waals surface area contributed by atoms with Crippen LogP contribution < -0.4 is 5.32 Å². The predicted octanol–water partition coefficient (Wildman–Crippen LogP) is 4.49. The van der Waals surface area contributed by atoms with Gasteiger partial charge >= 0.3 is 0 Å². The molecule has 140 valence electrons. The maximum absolute atomic E-state index is 14.3. The van der Waals surface area contributed by atoms with Crippen molar-refractivity contribution in [3.63, 3.8) is 0 Å². The van der Waals surface area contributed by atoms with Crippen LogP contribution in [-0.2, 0) is 17.9 Å². The zero-order valence-electron chi connectivity index (χ0n) is 14.6. The van der Waals surface area contributed by atoms with Crippen LogP contribution >= 0.6 is 0 Å². The second kappa shape index (κ2) is 7.66. The number of rotatable bonds is 6. The highest BCUT2D eigenvalue weighted by molar-refractivity contribution is 5.84. The average Bonchev–Trinajstić information content (AvgIpc) is 2.65. The maximum Gasteiger partial charge on any atom is 0.159 e. The predicted molar refractivity (Wildman–Crippen MR) is 96.5 cm³/mol. The van der Waals surface area contributed by atoms with Gasteiger partial charge < -0.3 is 10.1 Å². The van der Waals surface area contributed by atoms with Crippen molar-refractivity contribution in [1.29, 1.82) is 0 Å². The number of benzene rings is 2. The Kier molecular flexibility index (Phi) is 5.09. The lowest BCUT2D eigenvalue weighted by molar-refractivity contribution is -0.0365. The Morgan fingerprint density at radius 3 is 2.63 bits per heavy atom. The second-order valence-corrected chi connectivity index (χ2v) is 6.79. The van der Waals surface area contributed by atoms with Crippen molar-refractivity contribution >= 4 is 10.8 Å². The van der Waals surface area contributed by atoms with Gasteiger partial charge in [-0.1, -0.05) is 6.07 Å². The third kappa shape index (κ3) is 3.82. The number of nitrogens with one attached hydrogen (secondary N) is 1. The van der Waals surface area contributed by atoms with E-state index in [9.17, 15) is 13.2 Å². The third-order valence-electron chi connectivity index (χ3n) is 5.07. The molecule has 0 aliphatic heterocycles. The molecular weight excluding hydrogens is 353 g/mol. The van der Waals surface area contributed by atoms with Gasteiger partial charge in [0.15, 0.2) is 11.6 Å². The molecule has 1 N–H and O–H groups in total. The molecule has 0 unspecified atom stereocenters. The molecule has 1 aromatic heterocycles. The molecule has 4 rings (SSSR count). The van der Waals surface area contributed by atoms with Crippen LogP contribution in [0.15, 0.2) is 48.8 Å². The quantitative estimate of drug-likeness (QED) is 0.692. The summed E-state index contributed by atoms with van der Waals surface area (Å²) in [6, 6.07) is 8.86. The smallest absolute Gasteiger partial charge is 0.159 e. The number of aromatic nitrogens is 1. The lowest BCUT2D eigenvalue weighted by Crippen LogP contribution is -2.49. The van der Waals surface area contributed by atoms with Gasteiger partial charge in [-0.2, -0.15) is 0 Å². The number of hydrogen-bond donors (Lipinski definition) is 1. The van der Waals surface area contributed by atoms with E-state index >= 15 is 0 Å². The van der Waals surface area contributed by atoms with Crippen molar-refractivity contribution < 1.29 is 17.9 Å². The number of pyridine rings is 1. The Hall–Kier alpha value is -2.44. The van der Waals surface area contributed by atoms with Gasteiger partial charge in [-0.15, -0.1) is 0 Å². The van der Waals surface area contributed by atoms with E-state index in [1.807, 2.05) is 6.07 Å². The summed E-state index contributed by atoms with van der Waals surface area (Å²) in [6.45, 7) is 0.608. The topological polar surface area (TPSA) is 34.1 Å². The van der Waals surface area contributed by atoms with Crippen LogP contribution in [0.25, 0.3) is 10.8 Å². The van der Waals surface area contributed by atoms with Crippen LogP contribution in [0.4, 0.5) is 13.2 Å². The number of halogens is 3. The minimum absolute atomic E-state index is 0.0298. The fourth-order valence-electron chi connectivity index (χ4n) is 3.35. The highest BCUT2D eigenvalue weighted by atomic mass is 19.2. The lowest BCUT2D eigenvalue weighted by atomic mass is 9.88. The van der Waals surface area contributed by atoms with Crippen LogP contribution in [0.5, 0.6) is 0 Å². The molecule has 27 heavy (non-hydrogen) atoms. The minimum Gasteiger partial charge on any atom is -0.372 e. The maximum atomic E-state index is 14.3. The Morgan fingerprint density at radius 2 is 1.85 bits per heavy atom. The number of hydrogen-bond acceptors (Lipinski definition) is 3. The van der Waals surface area contributed by atoms with E-state index in [1.165, 1.54) is 12.1 Å². The molecule has 0 bridgehead atoms. The van der Waals surface area contributed by atoms with E-state index in [0.29, 0.717) is 17.7 Å². The third-order valence-corrected chi connectivity index (χ3v) is 5.07. The van der Waals surface area contributed by atoms with E-state index in [-0.39, 0.29) is 24.6 Å². The monoisotopic (exact) mass is 372 g/mol. The molecule has 2 aromatic carbocycles. The first-order valence-corrected chi connectivity index (χ1v) is 8.92. The van der Waals surface area contributed by atoms with Crippen molar-refractivity contribution in [2.45, 2.75) is 38.1 Å². The molecule has 1 heterocycles. The van der Waals surface area contributed by atoms with E-state index in [2.05, 4.69) is 10.3 Å². The molecule has 6 heteroatoms. The van der Waals surface area contributed by atoms with Gasteiger partial charge in [0.25, 0.3) is 0 Å². The SMILES string of the molecule is Fc1ccc(CO[C@@H]2CC[C@H]2NCc2c(F)ccc3cnccc23)cc1F. The molecule has 0 saturated heterocycles. The van der Waals surface area contributed by atoms with Gasteiger partial charge in [-0.25, -0.2) is 13.2 Å². The Balaban J connectivity index is 1.37. The summed E-state index contributed by atoms with van der Waals surface area (Å²) in [5.41, 5.74) is 1.20. The second-order valence-electron chi connectivity index (χ2n) is 6.79. The van der Waals surface area contributed by atoms with Gasteiger partial charge in [-0.05, 0) is 54.1 Å². The first-order valence-electron chi connectivity index (χ1n) is 8.92. The normalized spacial score (nSPS) is 19.2. The van der Waals surface area contributed by atoms with Gasteiger partial charge in [0.05, 0.1) is 12.7 Å². The van der Waals surface area contributed by atoms with Crippen molar-refractivity contribution in [2.24, 2.45) is 0 Å². The van der Waals surface area contributed by atoms with Crippen LogP contribution in [0, 0.1) is 17.5 Å². The summed E-state index contributed by atoms with van der Waals surface area (Å²) in [5, 5.41) is 5.10. The molecule has 1 saturated carbocycles. The van der Waals surface area contributed by atoms with Gasteiger partial charge in [-0.3, -0.25) is 4.98 Å². The fraction of sp³-hybridized carbons (Fsp3) is 0.286. The first-order chi connectivity index (χ1) is 13.1. The minimum atomic E-state index is -0.875. The van der Waals surface area contributed by atoms with Gasteiger partial charge in [0.1, 0.15) is 5.82 Å². The first kappa shape index (κ1) is 17.9. The molecule has 1 fully saturated rings. The molecular formula is C21H19F3N2O. The molecule has 0 radical (unpaired) electrons.